The molecule has 0 heterocycles. The van der Waals surface area contributed by atoms with Crippen molar-refractivity contribution in [1.29, 1.82) is 0 Å². The van der Waals surface area contributed by atoms with Crippen LogP contribution in [0.2, 0.25) is 0 Å². The first kappa shape index (κ1) is 10.4. The van der Waals surface area contributed by atoms with Crippen molar-refractivity contribution in [2.24, 2.45) is 0 Å². The maximum Gasteiger partial charge on any atom is 0.125 e. The second-order valence-electron chi connectivity index (χ2n) is 4.06. The van der Waals surface area contributed by atoms with Crippen molar-refractivity contribution in [1.82, 2.24) is 0 Å². The van der Waals surface area contributed by atoms with Crippen molar-refractivity contribution < 1.29 is 9.13 Å². The molecule has 0 unspecified atom stereocenters. The number of rotatable bonds is 3. The molecule has 3 heteroatoms. The van der Waals surface area contributed by atoms with Gasteiger partial charge in [-0.1, -0.05) is 18.9 Å². The molecule has 0 saturated heterocycles. The van der Waals surface area contributed by atoms with Gasteiger partial charge in [0, 0.05) is 11.3 Å². The Morgan fingerprint density at radius 3 is 2.73 bits per heavy atom. The second-order valence-corrected chi connectivity index (χ2v) is 4.06. The van der Waals surface area contributed by atoms with Crippen molar-refractivity contribution in [3.63, 3.8) is 0 Å². The first-order valence-corrected chi connectivity index (χ1v) is 5.41. The summed E-state index contributed by atoms with van der Waals surface area (Å²) in [7, 11) is 0. The molecule has 0 bridgehead atoms. The van der Waals surface area contributed by atoms with Crippen LogP contribution in [0.1, 0.15) is 31.2 Å². The average Bonchev–Trinajstić information content (AvgIpc) is 2.69. The molecule has 1 fully saturated rings. The number of nitrogen functional groups attached to an aromatic ring is 1. The summed E-state index contributed by atoms with van der Waals surface area (Å²) in [5.41, 5.74) is 7.04. The van der Waals surface area contributed by atoms with E-state index in [1.165, 1.54) is 25.0 Å². The number of hydrogen-bond donors (Lipinski definition) is 1. The van der Waals surface area contributed by atoms with E-state index in [1.54, 1.807) is 6.07 Å². The van der Waals surface area contributed by atoms with E-state index in [-0.39, 0.29) is 5.82 Å². The van der Waals surface area contributed by atoms with Gasteiger partial charge in [-0.2, -0.15) is 0 Å². The molecule has 1 saturated carbocycles. The van der Waals surface area contributed by atoms with Crippen LogP contribution in [0.3, 0.4) is 0 Å². The quantitative estimate of drug-likeness (QED) is 0.777. The number of anilines is 1. The van der Waals surface area contributed by atoms with Gasteiger partial charge in [-0.15, -0.1) is 0 Å². The Balaban J connectivity index is 1.92. The number of halogens is 1. The van der Waals surface area contributed by atoms with Gasteiger partial charge >= 0.3 is 0 Å². The predicted octanol–water partition coefficient (Wildman–Crippen LogP) is 2.87. The summed E-state index contributed by atoms with van der Waals surface area (Å²) < 4.78 is 18.5. The van der Waals surface area contributed by atoms with Gasteiger partial charge in [0.25, 0.3) is 0 Å². The summed E-state index contributed by atoms with van der Waals surface area (Å²) in [6.45, 7) is 0.497. The second kappa shape index (κ2) is 4.62. The first-order valence-electron chi connectivity index (χ1n) is 5.41. The zero-order valence-corrected chi connectivity index (χ0v) is 8.71. The SMILES string of the molecule is Nc1cc(F)ccc1COC1CCCC1. The van der Waals surface area contributed by atoms with Crippen molar-refractivity contribution in [3.8, 4) is 0 Å². The van der Waals surface area contributed by atoms with Gasteiger partial charge in [-0.25, -0.2) is 4.39 Å². The van der Waals surface area contributed by atoms with Gasteiger partial charge in [0.05, 0.1) is 12.7 Å². The lowest BCUT2D eigenvalue weighted by molar-refractivity contribution is 0.0460. The molecule has 2 N–H and O–H groups in total. The normalized spacial score (nSPS) is 17.1. The third-order valence-electron chi connectivity index (χ3n) is 2.88. The fourth-order valence-electron chi connectivity index (χ4n) is 1.96. The highest BCUT2D eigenvalue weighted by molar-refractivity contribution is 5.46. The summed E-state index contributed by atoms with van der Waals surface area (Å²) in [4.78, 5) is 0. The topological polar surface area (TPSA) is 35.2 Å². The maximum absolute atomic E-state index is 12.8. The lowest BCUT2D eigenvalue weighted by Gasteiger charge is -2.12. The average molecular weight is 209 g/mol. The lowest BCUT2D eigenvalue weighted by atomic mass is 10.2. The highest BCUT2D eigenvalue weighted by atomic mass is 19.1. The van der Waals surface area contributed by atoms with Gasteiger partial charge in [0.15, 0.2) is 0 Å². The van der Waals surface area contributed by atoms with Crippen LogP contribution in [0.4, 0.5) is 10.1 Å². The lowest BCUT2D eigenvalue weighted by Crippen LogP contribution is -2.08. The van der Waals surface area contributed by atoms with Crippen LogP contribution < -0.4 is 5.73 Å². The highest BCUT2D eigenvalue weighted by Crippen LogP contribution is 2.23. The third-order valence-corrected chi connectivity index (χ3v) is 2.88. The number of hydrogen-bond acceptors (Lipinski definition) is 2. The van der Waals surface area contributed by atoms with Crippen LogP contribution in [-0.4, -0.2) is 6.10 Å². The van der Waals surface area contributed by atoms with Gasteiger partial charge in [0.1, 0.15) is 5.82 Å². The summed E-state index contributed by atoms with van der Waals surface area (Å²) in [5, 5.41) is 0. The Kier molecular flexibility index (Phi) is 3.21. The van der Waals surface area contributed by atoms with Gasteiger partial charge in [-0.05, 0) is 25.0 Å². The number of ether oxygens (including phenoxy) is 1. The Morgan fingerprint density at radius 2 is 2.07 bits per heavy atom. The van der Waals surface area contributed by atoms with Crippen LogP contribution >= 0.6 is 0 Å². The minimum Gasteiger partial charge on any atom is -0.398 e. The van der Waals surface area contributed by atoms with Crippen LogP contribution in [0, 0.1) is 5.82 Å². The molecular weight excluding hydrogens is 193 g/mol. The molecule has 0 aliphatic heterocycles. The molecule has 0 atom stereocenters. The fraction of sp³-hybridized carbons (Fsp3) is 0.500. The van der Waals surface area contributed by atoms with Gasteiger partial charge in [-0.3, -0.25) is 0 Å². The van der Waals surface area contributed by atoms with E-state index in [0.29, 0.717) is 18.4 Å². The van der Waals surface area contributed by atoms with Crippen molar-refractivity contribution >= 4 is 5.69 Å². The minimum absolute atomic E-state index is 0.294. The van der Waals surface area contributed by atoms with E-state index >= 15 is 0 Å². The fourth-order valence-corrected chi connectivity index (χ4v) is 1.96. The monoisotopic (exact) mass is 209 g/mol. The number of benzene rings is 1. The molecule has 15 heavy (non-hydrogen) atoms. The van der Waals surface area contributed by atoms with E-state index in [0.717, 1.165) is 18.4 Å². The van der Waals surface area contributed by atoms with Crippen LogP contribution in [-0.2, 0) is 11.3 Å². The molecule has 0 radical (unpaired) electrons. The van der Waals surface area contributed by atoms with Crippen LogP contribution in [0.25, 0.3) is 0 Å². The molecule has 0 aromatic heterocycles. The summed E-state index contributed by atoms with van der Waals surface area (Å²) in [6, 6.07) is 4.46. The van der Waals surface area contributed by atoms with E-state index in [2.05, 4.69) is 0 Å². The molecule has 1 aliphatic carbocycles. The molecule has 82 valence electrons. The Bertz CT molecular complexity index is 334. The molecule has 2 rings (SSSR count). The smallest absolute Gasteiger partial charge is 0.125 e. The zero-order chi connectivity index (χ0) is 10.7. The highest BCUT2D eigenvalue weighted by Gasteiger charge is 2.15. The molecule has 1 aromatic rings. The largest absolute Gasteiger partial charge is 0.398 e. The van der Waals surface area contributed by atoms with Crippen molar-refractivity contribution in [3.05, 3.63) is 29.6 Å². The minimum atomic E-state index is -0.294. The first-order chi connectivity index (χ1) is 7.25. The van der Waals surface area contributed by atoms with Crippen LogP contribution in [0.5, 0.6) is 0 Å². The predicted molar refractivity (Wildman–Crippen MR) is 57.9 cm³/mol. The Morgan fingerprint density at radius 1 is 1.33 bits per heavy atom. The zero-order valence-electron chi connectivity index (χ0n) is 8.71. The molecule has 1 aromatic carbocycles. The molecular formula is C12H16FNO. The van der Waals surface area contributed by atoms with E-state index in [4.69, 9.17) is 10.5 Å². The van der Waals surface area contributed by atoms with E-state index in [1.807, 2.05) is 0 Å². The summed E-state index contributed by atoms with van der Waals surface area (Å²) in [5.74, 6) is -0.294. The van der Waals surface area contributed by atoms with Gasteiger partial charge in [0.2, 0.25) is 0 Å². The Hall–Kier alpha value is -1.09. The molecule has 0 amide bonds. The van der Waals surface area contributed by atoms with Crippen molar-refractivity contribution in [2.75, 3.05) is 5.73 Å². The molecule has 2 nitrogen and oxygen atoms in total. The van der Waals surface area contributed by atoms with E-state index in [9.17, 15) is 4.39 Å². The number of nitrogens with two attached hydrogens (primary N) is 1. The van der Waals surface area contributed by atoms with Crippen LogP contribution in [0.15, 0.2) is 18.2 Å². The van der Waals surface area contributed by atoms with Crippen molar-refractivity contribution in [2.45, 2.75) is 38.4 Å². The summed E-state index contributed by atoms with van der Waals surface area (Å²) >= 11 is 0. The maximum atomic E-state index is 12.8. The molecule has 0 spiro atoms. The summed E-state index contributed by atoms with van der Waals surface area (Å²) in [6.07, 6.45) is 5.16. The Labute approximate surface area is 89.2 Å². The van der Waals surface area contributed by atoms with E-state index < -0.39 is 0 Å². The van der Waals surface area contributed by atoms with Gasteiger partial charge < -0.3 is 10.5 Å². The standard InChI is InChI=1S/C12H16FNO/c13-10-6-5-9(12(14)7-10)8-15-11-3-1-2-4-11/h5-7,11H,1-4,8,14H2. The molecule has 1 aliphatic rings. The third kappa shape index (κ3) is 2.69.